The van der Waals surface area contributed by atoms with Gasteiger partial charge in [0.1, 0.15) is 5.76 Å². The SMILES string of the molecule is COc1cc(/C=C/C(=O)OCC(=O)NC(=O)NCc2ccco2)ccc1O. The van der Waals surface area contributed by atoms with Crippen LogP contribution in [-0.4, -0.2) is 36.7 Å². The van der Waals surface area contributed by atoms with E-state index in [2.05, 4.69) is 5.32 Å². The highest BCUT2D eigenvalue weighted by molar-refractivity contribution is 5.96. The Morgan fingerprint density at radius 2 is 2.07 bits per heavy atom. The van der Waals surface area contributed by atoms with Gasteiger partial charge in [0.2, 0.25) is 0 Å². The van der Waals surface area contributed by atoms with Crippen molar-refractivity contribution in [3.8, 4) is 11.5 Å². The number of rotatable bonds is 7. The predicted octanol–water partition coefficient (Wildman–Crippen LogP) is 1.58. The molecule has 0 saturated carbocycles. The van der Waals surface area contributed by atoms with Crippen LogP contribution >= 0.6 is 0 Å². The number of nitrogens with one attached hydrogen (secondary N) is 2. The molecule has 3 N–H and O–H groups in total. The minimum absolute atomic E-state index is 0.0285. The fourth-order valence-electron chi connectivity index (χ4n) is 1.93. The van der Waals surface area contributed by atoms with Gasteiger partial charge in [-0.3, -0.25) is 10.1 Å². The molecule has 0 unspecified atom stereocenters. The molecule has 0 bridgehead atoms. The van der Waals surface area contributed by atoms with E-state index in [0.29, 0.717) is 11.3 Å². The maximum Gasteiger partial charge on any atom is 0.331 e. The molecular weight excluding hydrogens is 356 g/mol. The molecule has 0 radical (unpaired) electrons. The summed E-state index contributed by atoms with van der Waals surface area (Å²) in [5, 5.41) is 13.9. The van der Waals surface area contributed by atoms with E-state index in [1.807, 2.05) is 5.32 Å². The Bertz CT molecular complexity index is 828. The van der Waals surface area contributed by atoms with Crippen LogP contribution in [0.2, 0.25) is 0 Å². The first-order chi connectivity index (χ1) is 13.0. The maximum atomic E-state index is 11.6. The molecule has 0 aliphatic carbocycles. The van der Waals surface area contributed by atoms with Gasteiger partial charge < -0.3 is 24.3 Å². The molecule has 3 amide bonds. The Labute approximate surface area is 154 Å². The predicted molar refractivity (Wildman–Crippen MR) is 93.7 cm³/mol. The van der Waals surface area contributed by atoms with Gasteiger partial charge in [-0.05, 0) is 35.9 Å². The number of esters is 1. The number of ether oxygens (including phenoxy) is 2. The quantitative estimate of drug-likeness (QED) is 0.496. The Kier molecular flexibility index (Phi) is 7.00. The summed E-state index contributed by atoms with van der Waals surface area (Å²) in [6.45, 7) is -0.499. The molecule has 1 heterocycles. The molecule has 2 aromatic rings. The first kappa shape index (κ1) is 19.6. The number of hydrogen-bond donors (Lipinski definition) is 3. The highest BCUT2D eigenvalue weighted by atomic mass is 16.5. The normalized spacial score (nSPS) is 10.4. The fourth-order valence-corrected chi connectivity index (χ4v) is 1.93. The van der Waals surface area contributed by atoms with Gasteiger partial charge >= 0.3 is 12.0 Å². The van der Waals surface area contributed by atoms with Crippen molar-refractivity contribution in [3.05, 3.63) is 54.0 Å². The Morgan fingerprint density at radius 1 is 1.26 bits per heavy atom. The van der Waals surface area contributed by atoms with Gasteiger partial charge in [-0.1, -0.05) is 6.07 Å². The van der Waals surface area contributed by atoms with Crippen LogP contribution in [-0.2, 0) is 20.9 Å². The number of carbonyl (C=O) groups is 3. The van der Waals surface area contributed by atoms with E-state index in [1.54, 1.807) is 18.2 Å². The van der Waals surface area contributed by atoms with Gasteiger partial charge in [0.15, 0.2) is 18.1 Å². The van der Waals surface area contributed by atoms with Crippen molar-refractivity contribution < 1.29 is 33.4 Å². The lowest BCUT2D eigenvalue weighted by molar-refractivity contribution is -0.143. The van der Waals surface area contributed by atoms with Gasteiger partial charge in [0.05, 0.1) is 19.9 Å². The summed E-state index contributed by atoms with van der Waals surface area (Å²) in [6.07, 6.45) is 4.00. The number of imide groups is 1. The minimum atomic E-state index is -0.778. The maximum absolute atomic E-state index is 11.6. The van der Waals surface area contributed by atoms with E-state index >= 15 is 0 Å². The van der Waals surface area contributed by atoms with Crippen molar-refractivity contribution >= 4 is 24.0 Å². The molecule has 0 aliphatic rings. The number of phenols is 1. The number of aromatic hydroxyl groups is 1. The van der Waals surface area contributed by atoms with E-state index < -0.39 is 24.5 Å². The fraction of sp³-hybridized carbons (Fsp3) is 0.167. The lowest BCUT2D eigenvalue weighted by Crippen LogP contribution is -2.41. The van der Waals surface area contributed by atoms with Crippen LogP contribution in [0.1, 0.15) is 11.3 Å². The summed E-state index contributed by atoms with van der Waals surface area (Å²) >= 11 is 0. The third-order valence-corrected chi connectivity index (χ3v) is 3.22. The number of urea groups is 1. The van der Waals surface area contributed by atoms with Crippen LogP contribution in [0.3, 0.4) is 0 Å². The Morgan fingerprint density at radius 3 is 2.78 bits per heavy atom. The topological polar surface area (TPSA) is 127 Å². The average molecular weight is 374 g/mol. The van der Waals surface area contributed by atoms with Gasteiger partial charge in [-0.25, -0.2) is 9.59 Å². The highest BCUT2D eigenvalue weighted by Crippen LogP contribution is 2.26. The summed E-state index contributed by atoms with van der Waals surface area (Å²) in [5.74, 6) is -0.794. The molecule has 0 aliphatic heterocycles. The number of hydrogen-bond acceptors (Lipinski definition) is 7. The molecule has 9 nitrogen and oxygen atoms in total. The zero-order valence-electron chi connectivity index (χ0n) is 14.4. The second-order valence-electron chi connectivity index (χ2n) is 5.18. The molecule has 142 valence electrons. The Balaban J connectivity index is 1.72. The highest BCUT2D eigenvalue weighted by Gasteiger charge is 2.10. The molecule has 0 saturated heterocycles. The van der Waals surface area contributed by atoms with E-state index in [9.17, 15) is 19.5 Å². The van der Waals surface area contributed by atoms with Crippen LogP contribution in [0.5, 0.6) is 11.5 Å². The van der Waals surface area contributed by atoms with E-state index in [1.165, 1.54) is 31.6 Å². The molecule has 2 rings (SSSR count). The molecule has 0 fully saturated rings. The first-order valence-electron chi connectivity index (χ1n) is 7.80. The number of amides is 3. The molecule has 0 spiro atoms. The van der Waals surface area contributed by atoms with Gasteiger partial charge in [0.25, 0.3) is 5.91 Å². The van der Waals surface area contributed by atoms with Crippen molar-refractivity contribution in [2.24, 2.45) is 0 Å². The van der Waals surface area contributed by atoms with Crippen molar-refractivity contribution in [1.29, 1.82) is 0 Å². The van der Waals surface area contributed by atoms with Crippen molar-refractivity contribution in [1.82, 2.24) is 10.6 Å². The lowest BCUT2D eigenvalue weighted by atomic mass is 10.2. The molecule has 1 aromatic heterocycles. The number of furan rings is 1. The second-order valence-corrected chi connectivity index (χ2v) is 5.18. The third kappa shape index (κ3) is 6.58. The van der Waals surface area contributed by atoms with E-state index in [-0.39, 0.29) is 18.0 Å². The van der Waals surface area contributed by atoms with Crippen LogP contribution in [0.4, 0.5) is 4.79 Å². The molecule has 27 heavy (non-hydrogen) atoms. The standard InChI is InChI=1S/C18H18N2O7/c1-25-15-9-12(4-6-14(15)21)5-7-17(23)27-11-16(22)20-18(24)19-10-13-3-2-8-26-13/h2-9,21H,10-11H2,1H3,(H2,19,20,22,24)/b7-5+. The van der Waals surface area contributed by atoms with E-state index in [0.717, 1.165) is 6.08 Å². The number of phenolic OH excluding ortho intramolecular Hbond substituents is 1. The van der Waals surface area contributed by atoms with Crippen LogP contribution < -0.4 is 15.4 Å². The molecular formula is C18H18N2O7. The van der Waals surface area contributed by atoms with Crippen molar-refractivity contribution in [2.45, 2.75) is 6.54 Å². The lowest BCUT2D eigenvalue weighted by Gasteiger charge is -2.06. The summed E-state index contributed by atoms with van der Waals surface area (Å²) in [7, 11) is 1.40. The second kappa shape index (κ2) is 9.66. The van der Waals surface area contributed by atoms with Gasteiger partial charge in [-0.15, -0.1) is 0 Å². The minimum Gasteiger partial charge on any atom is -0.504 e. The largest absolute Gasteiger partial charge is 0.504 e. The summed E-state index contributed by atoms with van der Waals surface area (Å²) in [4.78, 5) is 34.7. The Hall–Kier alpha value is -3.75. The zero-order chi connectivity index (χ0) is 19.6. The average Bonchev–Trinajstić information content (AvgIpc) is 3.17. The number of carbonyl (C=O) groups excluding carboxylic acids is 3. The van der Waals surface area contributed by atoms with E-state index in [4.69, 9.17) is 13.9 Å². The molecule has 1 aromatic carbocycles. The van der Waals surface area contributed by atoms with Crippen molar-refractivity contribution in [2.75, 3.05) is 13.7 Å². The van der Waals surface area contributed by atoms with Gasteiger partial charge in [0, 0.05) is 6.08 Å². The summed E-state index contributed by atoms with van der Waals surface area (Å²) in [5.41, 5.74) is 0.586. The molecule has 9 heteroatoms. The summed E-state index contributed by atoms with van der Waals surface area (Å²) < 4.78 is 14.7. The number of benzene rings is 1. The zero-order valence-corrected chi connectivity index (χ0v) is 14.4. The van der Waals surface area contributed by atoms with Crippen LogP contribution in [0.25, 0.3) is 6.08 Å². The smallest absolute Gasteiger partial charge is 0.331 e. The van der Waals surface area contributed by atoms with Crippen molar-refractivity contribution in [3.63, 3.8) is 0 Å². The number of methoxy groups -OCH3 is 1. The monoisotopic (exact) mass is 374 g/mol. The van der Waals surface area contributed by atoms with Crippen LogP contribution in [0.15, 0.2) is 47.1 Å². The molecule has 0 atom stereocenters. The first-order valence-corrected chi connectivity index (χ1v) is 7.80. The van der Waals surface area contributed by atoms with Gasteiger partial charge in [-0.2, -0.15) is 0 Å². The van der Waals surface area contributed by atoms with Crippen LogP contribution in [0, 0.1) is 0 Å². The third-order valence-electron chi connectivity index (χ3n) is 3.22. The summed E-state index contributed by atoms with van der Waals surface area (Å²) in [6, 6.07) is 7.10.